The Bertz CT molecular complexity index is 609. The zero-order valence-corrected chi connectivity index (χ0v) is 12.0. The number of nitrogens with zero attached hydrogens (tertiary/aromatic N) is 3. The van der Waals surface area contributed by atoms with Crippen LogP contribution in [0.4, 0.5) is 11.8 Å². The molecule has 0 fully saturated rings. The lowest BCUT2D eigenvalue weighted by atomic mass is 10.3. The first kappa shape index (κ1) is 13.5. The number of likely N-dealkylation sites (N-methyl/N-ethyl adjacent to an activating group) is 1. The number of carbonyl (C=O) groups excluding carboxylic acids is 1. The summed E-state index contributed by atoms with van der Waals surface area (Å²) < 4.78 is 0. The Morgan fingerprint density at radius 3 is 2.84 bits per heavy atom. The van der Waals surface area contributed by atoms with E-state index in [0.717, 1.165) is 20.9 Å². The highest BCUT2D eigenvalue weighted by atomic mass is 32.1. The lowest BCUT2D eigenvalue weighted by Crippen LogP contribution is -2.34. The summed E-state index contributed by atoms with van der Waals surface area (Å²) in [6.45, 7) is 4.81. The van der Waals surface area contributed by atoms with E-state index in [0.29, 0.717) is 12.5 Å². The predicted molar refractivity (Wildman–Crippen MR) is 78.8 cm³/mol. The Kier molecular flexibility index (Phi) is 3.84. The molecule has 2 aromatic heterocycles. The van der Waals surface area contributed by atoms with Crippen molar-refractivity contribution in [3.8, 4) is 0 Å². The number of anilines is 2. The van der Waals surface area contributed by atoms with Crippen LogP contribution >= 0.6 is 11.3 Å². The lowest BCUT2D eigenvalue weighted by Gasteiger charge is -2.21. The fourth-order valence-electron chi connectivity index (χ4n) is 1.90. The fourth-order valence-corrected chi connectivity index (χ4v) is 2.78. The van der Waals surface area contributed by atoms with Gasteiger partial charge in [0.2, 0.25) is 11.9 Å². The average Bonchev–Trinajstić information content (AvgIpc) is 2.74. The van der Waals surface area contributed by atoms with E-state index in [-0.39, 0.29) is 12.5 Å². The number of carbonyl (C=O) groups is 1. The third kappa shape index (κ3) is 2.76. The van der Waals surface area contributed by atoms with E-state index in [1.54, 1.807) is 18.4 Å². The molecule has 0 radical (unpaired) electrons. The standard InChI is InChI=1S/C12H17N5OS/c1-4-17(6-9(13)18)10-8-5-7(2)19-11(8)16-12(14-3)15-10/h5H,4,6H2,1-3H3,(H2,13,18)(H,14,15,16). The summed E-state index contributed by atoms with van der Waals surface area (Å²) in [5, 5.41) is 3.91. The van der Waals surface area contributed by atoms with E-state index in [1.807, 2.05) is 24.8 Å². The molecule has 0 aliphatic rings. The molecule has 1 amide bonds. The molecule has 0 aliphatic carbocycles. The Morgan fingerprint density at radius 1 is 1.53 bits per heavy atom. The van der Waals surface area contributed by atoms with Gasteiger partial charge in [-0.25, -0.2) is 4.98 Å². The van der Waals surface area contributed by atoms with E-state index >= 15 is 0 Å². The maximum Gasteiger partial charge on any atom is 0.236 e. The van der Waals surface area contributed by atoms with Crippen molar-refractivity contribution >= 4 is 39.2 Å². The first-order valence-corrected chi connectivity index (χ1v) is 6.86. The second-order valence-corrected chi connectivity index (χ2v) is 5.41. The number of thiophene rings is 1. The van der Waals surface area contributed by atoms with Gasteiger partial charge in [-0.1, -0.05) is 0 Å². The maximum atomic E-state index is 11.2. The number of aromatic nitrogens is 2. The van der Waals surface area contributed by atoms with Gasteiger partial charge < -0.3 is 16.0 Å². The molecule has 2 aromatic rings. The van der Waals surface area contributed by atoms with E-state index in [9.17, 15) is 4.79 Å². The van der Waals surface area contributed by atoms with Gasteiger partial charge in [0, 0.05) is 18.5 Å². The predicted octanol–water partition coefficient (Wildman–Crippen LogP) is 1.35. The van der Waals surface area contributed by atoms with Crippen LogP contribution in [0.3, 0.4) is 0 Å². The third-order valence-corrected chi connectivity index (χ3v) is 3.69. The molecule has 2 rings (SSSR count). The molecule has 102 valence electrons. The largest absolute Gasteiger partial charge is 0.368 e. The van der Waals surface area contributed by atoms with Gasteiger partial charge in [0.25, 0.3) is 0 Å². The van der Waals surface area contributed by atoms with Gasteiger partial charge in [-0.3, -0.25) is 4.79 Å². The van der Waals surface area contributed by atoms with Crippen molar-refractivity contribution in [3.63, 3.8) is 0 Å². The number of hydrogen-bond acceptors (Lipinski definition) is 6. The Labute approximate surface area is 115 Å². The van der Waals surface area contributed by atoms with Gasteiger partial charge in [0.1, 0.15) is 10.6 Å². The van der Waals surface area contributed by atoms with E-state index in [1.165, 1.54) is 0 Å². The minimum absolute atomic E-state index is 0.153. The normalized spacial score (nSPS) is 10.7. The van der Waals surface area contributed by atoms with Crippen LogP contribution in [0.5, 0.6) is 0 Å². The molecule has 0 bridgehead atoms. The van der Waals surface area contributed by atoms with Crippen LogP contribution in [0, 0.1) is 6.92 Å². The molecule has 19 heavy (non-hydrogen) atoms. The highest BCUT2D eigenvalue weighted by molar-refractivity contribution is 7.18. The molecule has 7 heteroatoms. The van der Waals surface area contributed by atoms with Gasteiger partial charge in [-0.15, -0.1) is 11.3 Å². The van der Waals surface area contributed by atoms with Crippen LogP contribution in [0.1, 0.15) is 11.8 Å². The zero-order valence-electron chi connectivity index (χ0n) is 11.2. The van der Waals surface area contributed by atoms with Gasteiger partial charge >= 0.3 is 0 Å². The van der Waals surface area contributed by atoms with Crippen LogP contribution in [-0.2, 0) is 4.79 Å². The highest BCUT2D eigenvalue weighted by Crippen LogP contribution is 2.31. The van der Waals surface area contributed by atoms with Crippen molar-refractivity contribution < 1.29 is 4.79 Å². The van der Waals surface area contributed by atoms with E-state index in [2.05, 4.69) is 15.3 Å². The van der Waals surface area contributed by atoms with Crippen molar-refractivity contribution in [1.29, 1.82) is 0 Å². The number of nitrogens with one attached hydrogen (secondary N) is 1. The lowest BCUT2D eigenvalue weighted by molar-refractivity contribution is -0.116. The van der Waals surface area contributed by atoms with E-state index < -0.39 is 0 Å². The molecule has 0 unspecified atom stereocenters. The summed E-state index contributed by atoms with van der Waals surface area (Å²) in [7, 11) is 1.77. The summed E-state index contributed by atoms with van der Waals surface area (Å²) in [5.74, 6) is 0.929. The average molecular weight is 279 g/mol. The Hall–Kier alpha value is -1.89. The third-order valence-electron chi connectivity index (χ3n) is 2.75. The van der Waals surface area contributed by atoms with Crippen LogP contribution in [0.15, 0.2) is 6.07 Å². The Balaban J connectivity index is 2.58. The summed E-state index contributed by atoms with van der Waals surface area (Å²) in [6, 6.07) is 2.04. The smallest absolute Gasteiger partial charge is 0.236 e. The molecule has 0 saturated heterocycles. The minimum atomic E-state index is -0.369. The van der Waals surface area contributed by atoms with Crippen LogP contribution in [0.25, 0.3) is 10.2 Å². The Morgan fingerprint density at radius 2 is 2.26 bits per heavy atom. The van der Waals surface area contributed by atoms with Gasteiger partial charge in [-0.05, 0) is 19.9 Å². The highest BCUT2D eigenvalue weighted by Gasteiger charge is 2.16. The van der Waals surface area contributed by atoms with Crippen molar-refractivity contribution in [1.82, 2.24) is 9.97 Å². The van der Waals surface area contributed by atoms with Crippen molar-refractivity contribution in [2.75, 3.05) is 30.4 Å². The molecule has 0 spiro atoms. The first-order valence-electron chi connectivity index (χ1n) is 6.04. The van der Waals surface area contributed by atoms with Gasteiger partial charge in [0.15, 0.2) is 0 Å². The summed E-state index contributed by atoms with van der Waals surface area (Å²) in [4.78, 5) is 24.0. The van der Waals surface area contributed by atoms with Gasteiger partial charge in [-0.2, -0.15) is 4.98 Å². The molecular formula is C12H17N5OS. The summed E-state index contributed by atoms with van der Waals surface area (Å²) >= 11 is 1.61. The number of rotatable bonds is 5. The second kappa shape index (κ2) is 5.40. The number of aryl methyl sites for hydroxylation is 1. The SMILES string of the molecule is CCN(CC(N)=O)c1nc(NC)nc2sc(C)cc12. The van der Waals surface area contributed by atoms with Crippen molar-refractivity contribution in [2.45, 2.75) is 13.8 Å². The molecular weight excluding hydrogens is 262 g/mol. The fraction of sp³-hybridized carbons (Fsp3) is 0.417. The second-order valence-electron chi connectivity index (χ2n) is 4.18. The summed E-state index contributed by atoms with van der Waals surface area (Å²) in [6.07, 6.45) is 0. The molecule has 6 nitrogen and oxygen atoms in total. The van der Waals surface area contributed by atoms with Crippen molar-refractivity contribution in [2.24, 2.45) is 5.73 Å². The van der Waals surface area contributed by atoms with Crippen LogP contribution in [0.2, 0.25) is 0 Å². The number of amides is 1. The van der Waals surface area contributed by atoms with Crippen LogP contribution in [-0.4, -0.2) is 36.0 Å². The molecule has 0 aliphatic heterocycles. The van der Waals surface area contributed by atoms with Crippen molar-refractivity contribution in [3.05, 3.63) is 10.9 Å². The number of nitrogens with two attached hydrogens (primary N) is 1. The van der Waals surface area contributed by atoms with Crippen LogP contribution < -0.4 is 16.0 Å². The van der Waals surface area contributed by atoms with Gasteiger partial charge in [0.05, 0.1) is 11.9 Å². The molecule has 0 saturated carbocycles. The topological polar surface area (TPSA) is 84.1 Å². The molecule has 3 N–H and O–H groups in total. The molecule has 2 heterocycles. The number of fused-ring (bicyclic) bond motifs is 1. The minimum Gasteiger partial charge on any atom is -0.368 e. The quantitative estimate of drug-likeness (QED) is 0.863. The first-order chi connectivity index (χ1) is 9.05. The monoisotopic (exact) mass is 279 g/mol. The maximum absolute atomic E-state index is 11.2. The number of primary amides is 1. The molecule has 0 aromatic carbocycles. The summed E-state index contributed by atoms with van der Waals surface area (Å²) in [5.41, 5.74) is 5.29. The zero-order chi connectivity index (χ0) is 14.0. The molecule has 0 atom stereocenters. The number of hydrogen-bond donors (Lipinski definition) is 2. The van der Waals surface area contributed by atoms with E-state index in [4.69, 9.17) is 5.73 Å².